The van der Waals surface area contributed by atoms with Gasteiger partial charge in [0, 0.05) is 0 Å². The molecular weight excluding hydrogens is 266 g/mol. The van der Waals surface area contributed by atoms with Crippen molar-refractivity contribution in [1.29, 1.82) is 0 Å². The van der Waals surface area contributed by atoms with Crippen molar-refractivity contribution in [3.05, 3.63) is 28.8 Å². The molecule has 0 aliphatic heterocycles. The molecule has 1 aromatic carbocycles. The molecule has 0 atom stereocenters. The van der Waals surface area contributed by atoms with Crippen LogP contribution in [0.3, 0.4) is 0 Å². The number of carboxylic acid groups (broad SMARTS) is 1. The van der Waals surface area contributed by atoms with E-state index in [9.17, 15) is 13.2 Å². The molecule has 1 aromatic rings. The monoisotopic (exact) mass is 273 g/mol. The van der Waals surface area contributed by atoms with Gasteiger partial charge in [-0.3, -0.25) is 0 Å². The molecule has 0 heterocycles. The van der Waals surface area contributed by atoms with E-state index in [2.05, 4.69) is 10.6 Å². The fraction of sp³-hybridized carbons (Fsp3) is 0.100. The predicted molar refractivity (Wildman–Crippen MR) is 62.4 cm³/mol. The van der Waals surface area contributed by atoms with Crippen LogP contribution in [0.5, 0.6) is 0 Å². The average Bonchev–Trinajstić information content (AvgIpc) is 2.26. The maximum Gasteiger partial charge on any atom is 0.335 e. The van der Waals surface area contributed by atoms with E-state index in [-0.39, 0.29) is 22.0 Å². The molecule has 0 bridgehead atoms. The molecule has 0 amide bonds. The maximum absolute atomic E-state index is 11.7. The van der Waals surface area contributed by atoms with E-state index in [0.29, 0.717) is 0 Å². The van der Waals surface area contributed by atoms with Crippen molar-refractivity contribution in [2.45, 2.75) is 4.90 Å². The molecule has 90 valence electrons. The first-order valence-electron chi connectivity index (χ1n) is 4.34. The second kappa shape index (κ2) is 5.19. The lowest BCUT2D eigenvalue weighted by Gasteiger charge is -2.07. The number of hydrogen-bond acceptors (Lipinski definition) is 3. The van der Waals surface area contributed by atoms with Crippen molar-refractivity contribution in [2.24, 2.45) is 0 Å². The summed E-state index contributed by atoms with van der Waals surface area (Å²) in [4.78, 5) is 10.4. The minimum atomic E-state index is -3.90. The summed E-state index contributed by atoms with van der Waals surface area (Å²) in [5, 5.41) is 8.68. The van der Waals surface area contributed by atoms with E-state index in [1.165, 1.54) is 12.1 Å². The molecule has 0 aliphatic carbocycles. The smallest absolute Gasteiger partial charge is 0.335 e. The summed E-state index contributed by atoms with van der Waals surface area (Å²) < 4.78 is 25.5. The Balaban J connectivity index is 3.26. The standard InChI is InChI=1S/C10H8ClNO4S/c1-2-5-12-17(15,16)9-6-7(10(13)14)3-4-8(9)11/h1,3-4,6,12H,5H2,(H,13,14). The molecule has 0 spiro atoms. The van der Waals surface area contributed by atoms with E-state index in [0.717, 1.165) is 6.07 Å². The number of benzene rings is 1. The fourth-order valence-corrected chi connectivity index (χ4v) is 2.51. The molecule has 0 saturated carbocycles. The highest BCUT2D eigenvalue weighted by Gasteiger charge is 2.19. The van der Waals surface area contributed by atoms with Gasteiger partial charge in [0.05, 0.1) is 17.1 Å². The Hall–Kier alpha value is -1.55. The number of carboxylic acids is 1. The first-order valence-corrected chi connectivity index (χ1v) is 6.20. The van der Waals surface area contributed by atoms with Gasteiger partial charge >= 0.3 is 5.97 Å². The van der Waals surface area contributed by atoms with Crippen molar-refractivity contribution >= 4 is 27.6 Å². The van der Waals surface area contributed by atoms with Crippen LogP contribution in [0.4, 0.5) is 0 Å². The number of carbonyl (C=O) groups is 1. The molecule has 0 unspecified atom stereocenters. The highest BCUT2D eigenvalue weighted by atomic mass is 35.5. The van der Waals surface area contributed by atoms with Crippen LogP contribution in [-0.2, 0) is 10.0 Å². The third kappa shape index (κ3) is 3.20. The first kappa shape index (κ1) is 13.5. The van der Waals surface area contributed by atoms with Crippen LogP contribution in [0.1, 0.15) is 10.4 Å². The number of halogens is 1. The Morgan fingerprint density at radius 1 is 1.53 bits per heavy atom. The minimum Gasteiger partial charge on any atom is -0.478 e. The normalized spacial score (nSPS) is 10.8. The van der Waals surface area contributed by atoms with Gasteiger partial charge in [-0.15, -0.1) is 6.42 Å². The number of rotatable bonds is 4. The first-order chi connectivity index (χ1) is 7.88. The second-order valence-electron chi connectivity index (χ2n) is 2.98. The molecule has 2 N–H and O–H groups in total. The van der Waals surface area contributed by atoms with E-state index in [1.807, 2.05) is 0 Å². The number of terminal acetylenes is 1. The van der Waals surface area contributed by atoms with Crippen molar-refractivity contribution in [1.82, 2.24) is 4.72 Å². The summed E-state index contributed by atoms with van der Waals surface area (Å²) in [5.74, 6) is 0.860. The van der Waals surface area contributed by atoms with Crippen molar-refractivity contribution in [2.75, 3.05) is 6.54 Å². The fourth-order valence-electron chi connectivity index (χ4n) is 1.06. The average molecular weight is 274 g/mol. The van der Waals surface area contributed by atoms with Gasteiger partial charge in [0.1, 0.15) is 4.90 Å². The quantitative estimate of drug-likeness (QED) is 0.800. The Kier molecular flexibility index (Phi) is 4.12. The van der Waals surface area contributed by atoms with E-state index in [4.69, 9.17) is 23.1 Å². The number of nitrogens with one attached hydrogen (secondary N) is 1. The van der Waals surface area contributed by atoms with Crippen LogP contribution in [0.25, 0.3) is 0 Å². The summed E-state index contributed by atoms with van der Waals surface area (Å²) in [7, 11) is -3.90. The molecule has 0 saturated heterocycles. The Morgan fingerprint density at radius 2 is 2.18 bits per heavy atom. The Labute approximate surface area is 103 Å². The lowest BCUT2D eigenvalue weighted by Crippen LogP contribution is -2.24. The molecule has 0 aromatic heterocycles. The van der Waals surface area contributed by atoms with Gasteiger partial charge in [-0.05, 0) is 18.2 Å². The zero-order valence-electron chi connectivity index (χ0n) is 8.47. The SMILES string of the molecule is C#CCNS(=O)(=O)c1cc(C(=O)O)ccc1Cl. The highest BCUT2D eigenvalue weighted by molar-refractivity contribution is 7.89. The highest BCUT2D eigenvalue weighted by Crippen LogP contribution is 2.22. The van der Waals surface area contributed by atoms with Crippen LogP contribution in [-0.4, -0.2) is 26.0 Å². The summed E-state index contributed by atoms with van der Waals surface area (Å²) in [6, 6.07) is 3.39. The molecule has 7 heteroatoms. The number of hydrogen-bond donors (Lipinski definition) is 2. The molecular formula is C10H8ClNO4S. The predicted octanol–water partition coefficient (Wildman–Crippen LogP) is 0.950. The van der Waals surface area contributed by atoms with Crippen LogP contribution in [0.2, 0.25) is 5.02 Å². The number of aromatic carboxylic acids is 1. The number of sulfonamides is 1. The Morgan fingerprint density at radius 3 is 2.71 bits per heavy atom. The molecule has 0 aliphatic rings. The van der Waals surface area contributed by atoms with Crippen LogP contribution >= 0.6 is 11.6 Å². The van der Waals surface area contributed by atoms with Gasteiger partial charge in [0.2, 0.25) is 10.0 Å². The molecule has 0 fully saturated rings. The summed E-state index contributed by atoms with van der Waals surface area (Å²) >= 11 is 5.70. The zero-order valence-corrected chi connectivity index (χ0v) is 10.0. The van der Waals surface area contributed by atoms with Gasteiger partial charge in [-0.1, -0.05) is 17.5 Å². The van der Waals surface area contributed by atoms with Crippen molar-refractivity contribution in [3.63, 3.8) is 0 Å². The molecule has 5 nitrogen and oxygen atoms in total. The van der Waals surface area contributed by atoms with Crippen LogP contribution in [0, 0.1) is 12.3 Å². The Bertz CT molecular complexity index is 589. The summed E-state index contributed by atoms with van der Waals surface area (Å²) in [6.07, 6.45) is 4.93. The second-order valence-corrected chi connectivity index (χ2v) is 5.12. The zero-order chi connectivity index (χ0) is 13.1. The van der Waals surface area contributed by atoms with Crippen molar-refractivity contribution < 1.29 is 18.3 Å². The van der Waals surface area contributed by atoms with Gasteiger partial charge in [0.15, 0.2) is 0 Å². The van der Waals surface area contributed by atoms with E-state index >= 15 is 0 Å². The van der Waals surface area contributed by atoms with Gasteiger partial charge < -0.3 is 5.11 Å². The van der Waals surface area contributed by atoms with E-state index in [1.54, 1.807) is 0 Å². The molecule has 17 heavy (non-hydrogen) atoms. The third-order valence-electron chi connectivity index (χ3n) is 1.83. The van der Waals surface area contributed by atoms with Crippen molar-refractivity contribution in [3.8, 4) is 12.3 Å². The lowest BCUT2D eigenvalue weighted by atomic mass is 10.2. The topological polar surface area (TPSA) is 83.5 Å². The minimum absolute atomic E-state index is 0.0699. The summed E-state index contributed by atoms with van der Waals surface area (Å²) in [5.41, 5.74) is -0.171. The maximum atomic E-state index is 11.7. The third-order valence-corrected chi connectivity index (χ3v) is 3.71. The van der Waals surface area contributed by atoms with Gasteiger partial charge in [-0.2, -0.15) is 4.72 Å². The van der Waals surface area contributed by atoms with Crippen LogP contribution in [0.15, 0.2) is 23.1 Å². The summed E-state index contributed by atoms with van der Waals surface area (Å²) in [6.45, 7) is -0.198. The molecule has 0 radical (unpaired) electrons. The van der Waals surface area contributed by atoms with Crippen LogP contribution < -0.4 is 4.72 Å². The molecule has 1 rings (SSSR count). The largest absolute Gasteiger partial charge is 0.478 e. The van der Waals surface area contributed by atoms with E-state index < -0.39 is 16.0 Å². The lowest BCUT2D eigenvalue weighted by molar-refractivity contribution is 0.0696. The van der Waals surface area contributed by atoms with Gasteiger partial charge in [-0.25, -0.2) is 13.2 Å². The van der Waals surface area contributed by atoms with Gasteiger partial charge in [0.25, 0.3) is 0 Å².